The van der Waals surface area contributed by atoms with Gasteiger partial charge < -0.3 is 16.4 Å². The number of hydrogen-bond acceptors (Lipinski definition) is 4. The van der Waals surface area contributed by atoms with Crippen molar-refractivity contribution in [3.05, 3.63) is 77.3 Å². The van der Waals surface area contributed by atoms with Gasteiger partial charge in [-0.25, -0.2) is 4.98 Å². The molecule has 0 spiro atoms. The lowest BCUT2D eigenvalue weighted by Crippen LogP contribution is -2.13. The summed E-state index contributed by atoms with van der Waals surface area (Å²) >= 11 is 5.82. The monoisotopic (exact) mass is 338 g/mol. The molecule has 0 aliphatic rings. The van der Waals surface area contributed by atoms with Crippen molar-refractivity contribution < 1.29 is 4.79 Å². The molecule has 0 radical (unpaired) electrons. The molecule has 1 aromatic heterocycles. The Morgan fingerprint density at radius 2 is 1.67 bits per heavy atom. The maximum absolute atomic E-state index is 12.2. The molecule has 24 heavy (non-hydrogen) atoms. The van der Waals surface area contributed by atoms with Crippen LogP contribution in [-0.4, -0.2) is 10.9 Å². The summed E-state index contributed by atoms with van der Waals surface area (Å²) in [5.41, 5.74) is 7.79. The van der Waals surface area contributed by atoms with Gasteiger partial charge in [0.15, 0.2) is 0 Å². The van der Waals surface area contributed by atoms with Crippen molar-refractivity contribution in [2.75, 3.05) is 16.4 Å². The second-order valence-electron chi connectivity index (χ2n) is 5.08. The normalized spacial score (nSPS) is 10.2. The molecule has 0 fully saturated rings. The van der Waals surface area contributed by atoms with Crippen LogP contribution in [0.2, 0.25) is 5.02 Å². The summed E-state index contributed by atoms with van der Waals surface area (Å²) in [6, 6.07) is 19.7. The van der Waals surface area contributed by atoms with Gasteiger partial charge in [-0.1, -0.05) is 29.8 Å². The number of anilines is 4. The Bertz CT molecular complexity index is 851. The number of benzene rings is 2. The zero-order chi connectivity index (χ0) is 16.9. The summed E-state index contributed by atoms with van der Waals surface area (Å²) in [5, 5.41) is 6.46. The predicted molar refractivity (Wildman–Crippen MR) is 97.8 cm³/mol. The Morgan fingerprint density at radius 3 is 2.33 bits per heavy atom. The summed E-state index contributed by atoms with van der Waals surface area (Å²) in [5.74, 6) is 0.561. The first-order valence-corrected chi connectivity index (χ1v) is 7.65. The second-order valence-corrected chi connectivity index (χ2v) is 5.52. The van der Waals surface area contributed by atoms with Crippen molar-refractivity contribution in [3.63, 3.8) is 0 Å². The molecule has 4 N–H and O–H groups in total. The Kier molecular flexibility index (Phi) is 4.63. The summed E-state index contributed by atoms with van der Waals surface area (Å²) in [6.07, 6.45) is 0. The van der Waals surface area contributed by atoms with E-state index in [2.05, 4.69) is 15.6 Å². The zero-order valence-corrected chi connectivity index (χ0v) is 13.4. The number of nitrogens with zero attached hydrogens (tertiary/aromatic N) is 1. The van der Waals surface area contributed by atoms with Crippen LogP contribution >= 0.6 is 11.6 Å². The van der Waals surface area contributed by atoms with Crippen LogP contribution < -0.4 is 16.4 Å². The molecule has 0 saturated heterocycles. The fourth-order valence-electron chi connectivity index (χ4n) is 2.12. The lowest BCUT2D eigenvalue weighted by atomic mass is 10.2. The van der Waals surface area contributed by atoms with Crippen LogP contribution in [0.3, 0.4) is 0 Å². The Balaban J connectivity index is 1.73. The van der Waals surface area contributed by atoms with Gasteiger partial charge in [-0.3, -0.25) is 4.79 Å². The standard InChI is InChI=1S/C18H15ClN4O/c19-13-8-6-12(7-9-13)18(24)22-15-10-11-16(23-17(15)20)21-14-4-2-1-3-5-14/h1-11H,(H,22,24)(H3,20,21,23). The van der Waals surface area contributed by atoms with Crippen molar-refractivity contribution in [2.24, 2.45) is 0 Å². The second kappa shape index (κ2) is 7.02. The molecule has 1 amide bonds. The number of nitrogens with one attached hydrogen (secondary N) is 2. The summed E-state index contributed by atoms with van der Waals surface area (Å²) in [6.45, 7) is 0. The van der Waals surface area contributed by atoms with Crippen LogP contribution in [-0.2, 0) is 0 Å². The minimum Gasteiger partial charge on any atom is -0.382 e. The third-order valence-electron chi connectivity index (χ3n) is 3.33. The van der Waals surface area contributed by atoms with Crippen LogP contribution in [0.5, 0.6) is 0 Å². The predicted octanol–water partition coefficient (Wildman–Crippen LogP) is 4.31. The Morgan fingerprint density at radius 1 is 0.958 bits per heavy atom. The third-order valence-corrected chi connectivity index (χ3v) is 3.58. The molecular formula is C18H15ClN4O. The van der Waals surface area contributed by atoms with E-state index < -0.39 is 0 Å². The quantitative estimate of drug-likeness (QED) is 0.662. The van der Waals surface area contributed by atoms with Crippen LogP contribution in [0, 0.1) is 0 Å². The van der Waals surface area contributed by atoms with E-state index in [9.17, 15) is 4.79 Å². The van der Waals surface area contributed by atoms with Gasteiger partial charge in [-0.15, -0.1) is 0 Å². The maximum Gasteiger partial charge on any atom is 0.255 e. The third kappa shape index (κ3) is 3.83. The molecule has 6 heteroatoms. The van der Waals surface area contributed by atoms with E-state index in [-0.39, 0.29) is 11.7 Å². The highest BCUT2D eigenvalue weighted by atomic mass is 35.5. The van der Waals surface area contributed by atoms with Crippen molar-refractivity contribution in [1.29, 1.82) is 0 Å². The van der Waals surface area contributed by atoms with Gasteiger partial charge in [0.25, 0.3) is 5.91 Å². The molecule has 1 heterocycles. The minimum atomic E-state index is -0.274. The van der Waals surface area contributed by atoms with Gasteiger partial charge in [0, 0.05) is 16.3 Å². The van der Waals surface area contributed by atoms with Crippen molar-refractivity contribution in [1.82, 2.24) is 4.98 Å². The number of aromatic nitrogens is 1. The molecule has 0 aliphatic heterocycles. The topological polar surface area (TPSA) is 80.0 Å². The Hall–Kier alpha value is -3.05. The van der Waals surface area contributed by atoms with Crippen LogP contribution in [0.25, 0.3) is 0 Å². The number of nitrogens with two attached hydrogens (primary N) is 1. The Labute approximate surface area is 144 Å². The van der Waals surface area contributed by atoms with E-state index >= 15 is 0 Å². The number of hydrogen-bond donors (Lipinski definition) is 3. The van der Waals surface area contributed by atoms with E-state index in [0.717, 1.165) is 5.69 Å². The number of nitrogen functional groups attached to an aromatic ring is 1. The first-order valence-electron chi connectivity index (χ1n) is 7.27. The molecule has 2 aromatic carbocycles. The number of carbonyl (C=O) groups excluding carboxylic acids is 1. The highest BCUT2D eigenvalue weighted by Crippen LogP contribution is 2.22. The molecule has 0 unspecified atom stereocenters. The molecular weight excluding hydrogens is 324 g/mol. The van der Waals surface area contributed by atoms with Gasteiger partial charge >= 0.3 is 0 Å². The van der Waals surface area contributed by atoms with Gasteiger partial charge in [0.1, 0.15) is 11.6 Å². The number of amides is 1. The first kappa shape index (κ1) is 15.8. The smallest absolute Gasteiger partial charge is 0.255 e. The van der Waals surface area contributed by atoms with Crippen LogP contribution in [0.15, 0.2) is 66.7 Å². The van der Waals surface area contributed by atoms with E-state index in [1.54, 1.807) is 36.4 Å². The largest absolute Gasteiger partial charge is 0.382 e. The molecule has 5 nitrogen and oxygen atoms in total. The lowest BCUT2D eigenvalue weighted by molar-refractivity contribution is 0.102. The van der Waals surface area contributed by atoms with Gasteiger partial charge in [0.2, 0.25) is 0 Å². The van der Waals surface area contributed by atoms with Crippen molar-refractivity contribution in [3.8, 4) is 0 Å². The fourth-order valence-corrected chi connectivity index (χ4v) is 2.24. The molecule has 0 saturated carbocycles. The van der Waals surface area contributed by atoms with Crippen LogP contribution in [0.4, 0.5) is 23.0 Å². The number of halogens is 1. The summed E-state index contributed by atoms with van der Waals surface area (Å²) in [4.78, 5) is 16.5. The molecule has 3 aromatic rings. The highest BCUT2D eigenvalue weighted by Gasteiger charge is 2.09. The first-order chi connectivity index (χ1) is 11.6. The van der Waals surface area contributed by atoms with Crippen LogP contribution in [0.1, 0.15) is 10.4 Å². The molecule has 0 bridgehead atoms. The van der Waals surface area contributed by atoms with E-state index in [1.807, 2.05) is 30.3 Å². The number of carbonyl (C=O) groups is 1. The minimum absolute atomic E-state index is 0.234. The van der Waals surface area contributed by atoms with E-state index in [0.29, 0.717) is 22.1 Å². The average molecular weight is 339 g/mol. The van der Waals surface area contributed by atoms with Crippen molar-refractivity contribution in [2.45, 2.75) is 0 Å². The van der Waals surface area contributed by atoms with Gasteiger partial charge in [-0.05, 0) is 48.5 Å². The maximum atomic E-state index is 12.2. The van der Waals surface area contributed by atoms with E-state index in [1.165, 1.54) is 0 Å². The molecule has 120 valence electrons. The average Bonchev–Trinajstić information content (AvgIpc) is 2.59. The van der Waals surface area contributed by atoms with Gasteiger partial charge in [0.05, 0.1) is 5.69 Å². The van der Waals surface area contributed by atoms with Crippen molar-refractivity contribution >= 4 is 40.5 Å². The fraction of sp³-hybridized carbons (Fsp3) is 0. The number of pyridine rings is 1. The number of rotatable bonds is 4. The number of para-hydroxylation sites is 1. The molecule has 0 aliphatic carbocycles. The SMILES string of the molecule is Nc1nc(Nc2ccccc2)ccc1NC(=O)c1ccc(Cl)cc1. The molecule has 0 atom stereocenters. The van der Waals surface area contributed by atoms with E-state index in [4.69, 9.17) is 17.3 Å². The highest BCUT2D eigenvalue weighted by molar-refractivity contribution is 6.30. The lowest BCUT2D eigenvalue weighted by Gasteiger charge is -2.10. The summed E-state index contributed by atoms with van der Waals surface area (Å²) in [7, 11) is 0. The van der Waals surface area contributed by atoms with Gasteiger partial charge in [-0.2, -0.15) is 0 Å². The molecule has 3 rings (SSSR count). The summed E-state index contributed by atoms with van der Waals surface area (Å²) < 4.78 is 0. The zero-order valence-electron chi connectivity index (χ0n) is 12.7.